The molecular formula is C17H20BrN3O2. The summed E-state index contributed by atoms with van der Waals surface area (Å²) in [5.74, 6) is 0.00300. The molecule has 0 spiro atoms. The van der Waals surface area contributed by atoms with Crippen LogP contribution in [0, 0.1) is 6.92 Å². The minimum absolute atomic E-state index is 0.00300. The highest BCUT2D eigenvalue weighted by atomic mass is 79.9. The molecule has 1 N–H and O–H groups in total. The summed E-state index contributed by atoms with van der Waals surface area (Å²) in [5.41, 5.74) is 3.86. The lowest BCUT2D eigenvalue weighted by Gasteiger charge is -2.17. The van der Waals surface area contributed by atoms with E-state index in [2.05, 4.69) is 26.3 Å². The fraction of sp³-hybridized carbons (Fsp3) is 0.412. The lowest BCUT2D eigenvalue weighted by Crippen LogP contribution is -2.14. The number of carbonyl (C=O) groups is 1. The Morgan fingerprint density at radius 1 is 1.52 bits per heavy atom. The number of carbonyl (C=O) groups excluding carboxylic acids is 1. The summed E-state index contributed by atoms with van der Waals surface area (Å²) < 4.78 is 8.50. The first-order valence-corrected chi connectivity index (χ1v) is 8.61. The van der Waals surface area contributed by atoms with E-state index >= 15 is 0 Å². The molecule has 23 heavy (non-hydrogen) atoms. The molecule has 1 unspecified atom stereocenters. The van der Waals surface area contributed by atoms with Crippen molar-refractivity contribution in [1.82, 2.24) is 9.78 Å². The van der Waals surface area contributed by atoms with Crippen LogP contribution in [0.25, 0.3) is 11.3 Å². The highest BCUT2D eigenvalue weighted by molar-refractivity contribution is 9.10. The van der Waals surface area contributed by atoms with E-state index in [1.807, 2.05) is 36.7 Å². The molecule has 0 bridgehead atoms. The largest absolute Gasteiger partial charge is 0.379 e. The molecule has 2 heterocycles. The minimum atomic E-state index is 0.00300. The van der Waals surface area contributed by atoms with Gasteiger partial charge in [-0.2, -0.15) is 5.10 Å². The Kier molecular flexibility index (Phi) is 4.82. The van der Waals surface area contributed by atoms with E-state index in [0.29, 0.717) is 13.0 Å². The van der Waals surface area contributed by atoms with Crippen molar-refractivity contribution in [2.45, 2.75) is 32.7 Å². The fourth-order valence-electron chi connectivity index (χ4n) is 2.77. The lowest BCUT2D eigenvalue weighted by atomic mass is 10.1. The summed E-state index contributed by atoms with van der Waals surface area (Å²) in [5, 5.41) is 7.48. The Bertz CT molecular complexity index is 721. The Balaban J connectivity index is 2.06. The topological polar surface area (TPSA) is 56.2 Å². The van der Waals surface area contributed by atoms with Gasteiger partial charge in [-0.15, -0.1) is 0 Å². The van der Waals surface area contributed by atoms with Gasteiger partial charge in [0.2, 0.25) is 5.91 Å². The number of aromatic nitrogens is 2. The first-order valence-electron chi connectivity index (χ1n) is 7.81. The van der Waals surface area contributed by atoms with Crippen LogP contribution in [-0.2, 0) is 9.53 Å². The standard InChI is InChI=1S/C17H20BrN3O2/c1-3-17(22)20-15-8-11(2)14(18)9-13(15)16-4-6-19-21(16)12-5-7-23-10-12/h4,6,8-9,12H,3,5,7,10H2,1-2H3,(H,20,22). The minimum Gasteiger partial charge on any atom is -0.379 e. The van der Waals surface area contributed by atoms with Gasteiger partial charge in [-0.05, 0) is 37.1 Å². The molecule has 2 aromatic rings. The maximum atomic E-state index is 11.9. The monoisotopic (exact) mass is 377 g/mol. The van der Waals surface area contributed by atoms with Gasteiger partial charge in [-0.1, -0.05) is 22.9 Å². The summed E-state index contributed by atoms with van der Waals surface area (Å²) in [6.45, 7) is 5.30. The quantitative estimate of drug-likeness (QED) is 0.877. The summed E-state index contributed by atoms with van der Waals surface area (Å²) in [7, 11) is 0. The zero-order chi connectivity index (χ0) is 16.4. The Hall–Kier alpha value is -1.66. The average molecular weight is 378 g/mol. The second-order valence-corrected chi connectivity index (χ2v) is 6.58. The number of nitrogens with zero attached hydrogens (tertiary/aromatic N) is 2. The summed E-state index contributed by atoms with van der Waals surface area (Å²) in [6, 6.07) is 6.27. The number of rotatable bonds is 4. The van der Waals surface area contributed by atoms with E-state index in [9.17, 15) is 4.79 Å². The molecule has 6 heteroatoms. The molecular weight excluding hydrogens is 358 g/mol. The predicted molar refractivity (Wildman–Crippen MR) is 93.5 cm³/mol. The van der Waals surface area contributed by atoms with E-state index in [-0.39, 0.29) is 11.9 Å². The maximum Gasteiger partial charge on any atom is 0.224 e. The molecule has 1 aromatic carbocycles. The van der Waals surface area contributed by atoms with E-state index < -0.39 is 0 Å². The maximum absolute atomic E-state index is 11.9. The highest BCUT2D eigenvalue weighted by Gasteiger charge is 2.22. The van der Waals surface area contributed by atoms with E-state index in [4.69, 9.17) is 4.74 Å². The van der Waals surface area contributed by atoms with Gasteiger partial charge in [0.1, 0.15) is 0 Å². The molecule has 0 radical (unpaired) electrons. The van der Waals surface area contributed by atoms with Crippen molar-refractivity contribution in [3.63, 3.8) is 0 Å². The van der Waals surface area contributed by atoms with Crippen molar-refractivity contribution < 1.29 is 9.53 Å². The van der Waals surface area contributed by atoms with Crippen LogP contribution in [0.4, 0.5) is 5.69 Å². The molecule has 1 fully saturated rings. The molecule has 0 aliphatic carbocycles. The van der Waals surface area contributed by atoms with Crippen molar-refractivity contribution in [2.75, 3.05) is 18.5 Å². The van der Waals surface area contributed by atoms with Gasteiger partial charge in [0, 0.05) is 29.3 Å². The van der Waals surface area contributed by atoms with Crippen LogP contribution >= 0.6 is 15.9 Å². The number of aryl methyl sites for hydroxylation is 1. The number of benzene rings is 1. The van der Waals surface area contributed by atoms with Crippen LogP contribution in [0.15, 0.2) is 28.9 Å². The van der Waals surface area contributed by atoms with Crippen molar-refractivity contribution >= 4 is 27.5 Å². The Morgan fingerprint density at radius 2 is 2.35 bits per heavy atom. The van der Waals surface area contributed by atoms with Gasteiger partial charge in [-0.3, -0.25) is 9.48 Å². The molecule has 1 atom stereocenters. The van der Waals surface area contributed by atoms with Gasteiger partial charge in [0.25, 0.3) is 0 Å². The number of amides is 1. The number of ether oxygens (including phenoxy) is 1. The molecule has 1 aliphatic rings. The third-order valence-electron chi connectivity index (χ3n) is 4.09. The Labute approximate surface area is 144 Å². The smallest absolute Gasteiger partial charge is 0.224 e. The van der Waals surface area contributed by atoms with E-state index in [0.717, 1.165) is 40.0 Å². The van der Waals surface area contributed by atoms with Crippen LogP contribution in [0.2, 0.25) is 0 Å². The number of hydrogen-bond acceptors (Lipinski definition) is 3. The predicted octanol–water partition coefficient (Wildman–Crippen LogP) is 3.93. The van der Waals surface area contributed by atoms with Crippen molar-refractivity contribution in [1.29, 1.82) is 0 Å². The van der Waals surface area contributed by atoms with Crippen LogP contribution in [0.5, 0.6) is 0 Å². The molecule has 0 saturated carbocycles. The van der Waals surface area contributed by atoms with Crippen LogP contribution in [0.3, 0.4) is 0 Å². The van der Waals surface area contributed by atoms with Crippen molar-refractivity contribution in [2.24, 2.45) is 0 Å². The highest BCUT2D eigenvalue weighted by Crippen LogP contribution is 2.35. The summed E-state index contributed by atoms with van der Waals surface area (Å²) in [4.78, 5) is 11.9. The molecule has 1 amide bonds. The number of nitrogens with one attached hydrogen (secondary N) is 1. The van der Waals surface area contributed by atoms with Gasteiger partial charge in [-0.25, -0.2) is 0 Å². The molecule has 1 aliphatic heterocycles. The second-order valence-electron chi connectivity index (χ2n) is 5.73. The number of hydrogen-bond donors (Lipinski definition) is 1. The van der Waals surface area contributed by atoms with Crippen LogP contribution < -0.4 is 5.32 Å². The normalized spacial score (nSPS) is 17.4. The first kappa shape index (κ1) is 16.2. The summed E-state index contributed by atoms with van der Waals surface area (Å²) >= 11 is 3.59. The zero-order valence-corrected chi connectivity index (χ0v) is 14.9. The van der Waals surface area contributed by atoms with Gasteiger partial charge < -0.3 is 10.1 Å². The van der Waals surface area contributed by atoms with E-state index in [1.165, 1.54) is 0 Å². The number of anilines is 1. The molecule has 5 nitrogen and oxygen atoms in total. The van der Waals surface area contributed by atoms with Crippen LogP contribution in [-0.4, -0.2) is 28.9 Å². The number of halogens is 1. The van der Waals surface area contributed by atoms with Crippen molar-refractivity contribution in [3.05, 3.63) is 34.4 Å². The third-order valence-corrected chi connectivity index (χ3v) is 4.95. The fourth-order valence-corrected chi connectivity index (χ4v) is 3.11. The molecule has 1 saturated heterocycles. The lowest BCUT2D eigenvalue weighted by molar-refractivity contribution is -0.115. The van der Waals surface area contributed by atoms with Gasteiger partial charge >= 0.3 is 0 Å². The zero-order valence-electron chi connectivity index (χ0n) is 13.3. The first-order chi connectivity index (χ1) is 11.1. The average Bonchev–Trinajstić information content (AvgIpc) is 3.20. The molecule has 3 rings (SSSR count). The SMILES string of the molecule is CCC(=O)Nc1cc(C)c(Br)cc1-c1ccnn1C1CCOC1. The van der Waals surface area contributed by atoms with E-state index in [1.54, 1.807) is 6.20 Å². The van der Waals surface area contributed by atoms with Gasteiger partial charge in [0.05, 0.1) is 24.0 Å². The van der Waals surface area contributed by atoms with Crippen LogP contribution in [0.1, 0.15) is 31.4 Å². The third kappa shape index (κ3) is 3.33. The molecule has 1 aromatic heterocycles. The molecule has 122 valence electrons. The van der Waals surface area contributed by atoms with Gasteiger partial charge in [0.15, 0.2) is 0 Å². The Morgan fingerprint density at radius 3 is 3.04 bits per heavy atom. The van der Waals surface area contributed by atoms with Crippen molar-refractivity contribution in [3.8, 4) is 11.3 Å². The summed E-state index contributed by atoms with van der Waals surface area (Å²) in [6.07, 6.45) is 3.20. The second kappa shape index (κ2) is 6.84.